The Balaban J connectivity index is 1.47. The Hall–Kier alpha value is -3.14. The molecule has 3 N–H and O–H groups in total. The smallest absolute Gasteiger partial charge is 0.257 e. The second-order valence-corrected chi connectivity index (χ2v) is 12.8. The maximum Gasteiger partial charge on any atom is 0.257 e. The monoisotopic (exact) mass is 565 g/mol. The largest absolute Gasteiger partial charge is 0.396 e. The van der Waals surface area contributed by atoms with Crippen LogP contribution in [0.3, 0.4) is 0 Å². The Morgan fingerprint density at radius 3 is 2.52 bits per heavy atom. The number of carbonyl (C=O) groups is 2. The number of aromatic nitrogens is 1. The predicted molar refractivity (Wildman–Crippen MR) is 152 cm³/mol. The van der Waals surface area contributed by atoms with Crippen molar-refractivity contribution in [2.45, 2.75) is 58.1 Å². The Kier molecular flexibility index (Phi) is 7.83. The summed E-state index contributed by atoms with van der Waals surface area (Å²) >= 11 is 1.36. The highest BCUT2D eigenvalue weighted by Gasteiger charge is 2.59. The average Bonchev–Trinajstić information content (AvgIpc) is 3.34. The standard InChI is InChI=1S/C31H36FN3O4S/c1-30-14-13-25(37)31(2,18-36)24(30)16-23-27(22(30)15-26(38)35(3)17-19-7-5-4-6-8-19)33-29(40-23)34-28(39)20-9-11-21(32)12-10-20/h4-12,22,24-25,36-37H,13-18H2,1-3H3,(H,33,34,39)/t22-,24+,25-,30+,31+/m1/s1. The number of aliphatic hydroxyl groups excluding tert-OH is 2. The maximum atomic E-state index is 13.6. The number of amides is 2. The van der Waals surface area contributed by atoms with Gasteiger partial charge in [0, 0.05) is 41.8 Å². The topological polar surface area (TPSA) is 103 Å². The lowest BCUT2D eigenvalue weighted by atomic mass is 9.47. The molecule has 0 saturated heterocycles. The first-order valence-electron chi connectivity index (χ1n) is 13.7. The van der Waals surface area contributed by atoms with Crippen LogP contribution in [0.5, 0.6) is 0 Å². The van der Waals surface area contributed by atoms with Crippen LogP contribution in [-0.4, -0.2) is 51.7 Å². The molecule has 2 aliphatic carbocycles. The molecule has 1 aromatic heterocycles. The van der Waals surface area contributed by atoms with Gasteiger partial charge in [0.2, 0.25) is 5.91 Å². The molecule has 40 heavy (non-hydrogen) atoms. The van der Waals surface area contributed by atoms with Gasteiger partial charge in [-0.1, -0.05) is 44.2 Å². The van der Waals surface area contributed by atoms with Crippen LogP contribution in [0.4, 0.5) is 9.52 Å². The van der Waals surface area contributed by atoms with Crippen molar-refractivity contribution < 1.29 is 24.2 Å². The number of hydrogen-bond acceptors (Lipinski definition) is 6. The van der Waals surface area contributed by atoms with Gasteiger partial charge in [-0.25, -0.2) is 9.37 Å². The number of rotatable bonds is 7. The maximum absolute atomic E-state index is 13.6. The second kappa shape index (κ2) is 11.0. The van der Waals surface area contributed by atoms with Gasteiger partial charge < -0.3 is 15.1 Å². The SMILES string of the molecule is CN(Cc1ccccc1)C(=O)C[C@@H]1c2nc(NC(=O)c3ccc(F)cc3)sc2C[C@@H]2[C@](C)(CO)[C@H](O)CC[C@]21C. The number of halogens is 1. The minimum Gasteiger partial charge on any atom is -0.396 e. The molecule has 212 valence electrons. The lowest BCUT2D eigenvalue weighted by Gasteiger charge is -2.58. The molecule has 1 saturated carbocycles. The van der Waals surface area contributed by atoms with E-state index in [2.05, 4.69) is 12.2 Å². The molecule has 2 aliphatic rings. The first-order valence-corrected chi connectivity index (χ1v) is 14.5. The Morgan fingerprint density at radius 2 is 1.85 bits per heavy atom. The van der Waals surface area contributed by atoms with Gasteiger partial charge in [0.25, 0.3) is 5.91 Å². The fourth-order valence-corrected chi connectivity index (χ4v) is 7.81. The molecule has 0 radical (unpaired) electrons. The van der Waals surface area contributed by atoms with Crippen molar-refractivity contribution >= 4 is 28.3 Å². The average molecular weight is 566 g/mol. The molecule has 0 spiro atoms. The molecule has 0 unspecified atom stereocenters. The van der Waals surface area contributed by atoms with E-state index in [0.717, 1.165) is 16.1 Å². The lowest BCUT2D eigenvalue weighted by molar-refractivity contribution is -0.147. The first-order chi connectivity index (χ1) is 19.0. The number of hydrogen-bond donors (Lipinski definition) is 3. The Labute approximate surface area is 238 Å². The summed E-state index contributed by atoms with van der Waals surface area (Å²) in [6.07, 6.45) is 1.40. The summed E-state index contributed by atoms with van der Waals surface area (Å²) in [7, 11) is 1.80. The van der Waals surface area contributed by atoms with Crippen molar-refractivity contribution in [3.05, 3.63) is 82.1 Å². The van der Waals surface area contributed by atoms with Gasteiger partial charge in [0.15, 0.2) is 5.13 Å². The number of fused-ring (bicyclic) bond motifs is 2. The third-order valence-electron chi connectivity index (χ3n) is 9.29. The number of anilines is 1. The van der Waals surface area contributed by atoms with Crippen LogP contribution >= 0.6 is 11.3 Å². The molecule has 5 atom stereocenters. The van der Waals surface area contributed by atoms with E-state index in [1.54, 1.807) is 11.9 Å². The predicted octanol–water partition coefficient (Wildman–Crippen LogP) is 5.00. The zero-order valence-electron chi connectivity index (χ0n) is 23.1. The Bertz CT molecular complexity index is 1380. The van der Waals surface area contributed by atoms with E-state index in [1.165, 1.54) is 35.6 Å². The van der Waals surface area contributed by atoms with Crippen molar-refractivity contribution in [3.8, 4) is 0 Å². The number of thiazole rings is 1. The van der Waals surface area contributed by atoms with Crippen LogP contribution < -0.4 is 5.32 Å². The van der Waals surface area contributed by atoms with Crippen molar-refractivity contribution in [1.82, 2.24) is 9.88 Å². The molecule has 1 fully saturated rings. The van der Waals surface area contributed by atoms with Gasteiger partial charge in [0.1, 0.15) is 5.82 Å². The molecule has 5 rings (SSSR count). The summed E-state index contributed by atoms with van der Waals surface area (Å²) in [6.45, 7) is 4.42. The van der Waals surface area contributed by atoms with Crippen molar-refractivity contribution in [2.75, 3.05) is 19.0 Å². The molecular formula is C31H36FN3O4S. The van der Waals surface area contributed by atoms with Gasteiger partial charge in [-0.2, -0.15) is 0 Å². The van der Waals surface area contributed by atoms with Gasteiger partial charge in [-0.3, -0.25) is 14.9 Å². The van der Waals surface area contributed by atoms with E-state index in [4.69, 9.17) is 4.98 Å². The van der Waals surface area contributed by atoms with Crippen LogP contribution in [0.15, 0.2) is 54.6 Å². The van der Waals surface area contributed by atoms with Crippen LogP contribution in [-0.2, 0) is 17.8 Å². The summed E-state index contributed by atoms with van der Waals surface area (Å²) in [4.78, 5) is 34.1. The highest BCUT2D eigenvalue weighted by atomic mass is 32.1. The van der Waals surface area contributed by atoms with Gasteiger partial charge in [0.05, 0.1) is 18.4 Å². The molecule has 7 nitrogen and oxygen atoms in total. The van der Waals surface area contributed by atoms with Crippen LogP contribution in [0.1, 0.15) is 65.5 Å². The second-order valence-electron chi connectivity index (χ2n) is 11.8. The molecule has 2 aromatic carbocycles. The molecule has 9 heteroatoms. The number of nitrogens with one attached hydrogen (secondary N) is 1. The summed E-state index contributed by atoms with van der Waals surface area (Å²) in [5.74, 6) is -1.16. The summed E-state index contributed by atoms with van der Waals surface area (Å²) in [5, 5.41) is 24.7. The molecule has 1 heterocycles. The molecular weight excluding hydrogens is 529 g/mol. The minimum absolute atomic E-state index is 0.0107. The van der Waals surface area contributed by atoms with Gasteiger partial charge in [-0.05, 0) is 60.4 Å². The summed E-state index contributed by atoms with van der Waals surface area (Å²) in [6, 6.07) is 15.2. The highest BCUT2D eigenvalue weighted by Crippen LogP contribution is 2.63. The van der Waals surface area contributed by atoms with E-state index in [0.29, 0.717) is 36.5 Å². The normalized spacial score (nSPS) is 27.4. The quantitative estimate of drug-likeness (QED) is 0.374. The van der Waals surface area contributed by atoms with Crippen molar-refractivity contribution in [3.63, 3.8) is 0 Å². The van der Waals surface area contributed by atoms with E-state index < -0.39 is 17.3 Å². The minimum atomic E-state index is -0.733. The number of aliphatic hydroxyl groups is 2. The third-order valence-corrected chi connectivity index (χ3v) is 10.3. The van der Waals surface area contributed by atoms with Crippen LogP contribution in [0, 0.1) is 22.6 Å². The first kappa shape index (κ1) is 28.4. The Morgan fingerprint density at radius 1 is 1.15 bits per heavy atom. The summed E-state index contributed by atoms with van der Waals surface area (Å²) < 4.78 is 13.4. The number of benzene rings is 2. The fourth-order valence-electron chi connectivity index (χ4n) is 6.75. The van der Waals surface area contributed by atoms with Gasteiger partial charge in [-0.15, -0.1) is 11.3 Å². The molecule has 3 aromatic rings. The van der Waals surface area contributed by atoms with Crippen LogP contribution in [0.2, 0.25) is 0 Å². The van der Waals surface area contributed by atoms with E-state index in [9.17, 15) is 24.2 Å². The van der Waals surface area contributed by atoms with E-state index in [1.807, 2.05) is 37.3 Å². The fraction of sp³-hybridized carbons (Fsp3) is 0.452. The van der Waals surface area contributed by atoms with E-state index >= 15 is 0 Å². The van der Waals surface area contributed by atoms with E-state index in [-0.39, 0.29) is 42.1 Å². The third kappa shape index (κ3) is 5.18. The molecule has 0 bridgehead atoms. The number of carbonyl (C=O) groups excluding carboxylic acids is 2. The summed E-state index contributed by atoms with van der Waals surface area (Å²) in [5.41, 5.74) is 1.04. The van der Waals surface area contributed by atoms with Crippen LogP contribution in [0.25, 0.3) is 0 Å². The zero-order chi connectivity index (χ0) is 28.7. The highest BCUT2D eigenvalue weighted by molar-refractivity contribution is 7.15. The molecule has 0 aliphatic heterocycles. The van der Waals surface area contributed by atoms with Crippen molar-refractivity contribution in [1.29, 1.82) is 0 Å². The van der Waals surface area contributed by atoms with Gasteiger partial charge >= 0.3 is 0 Å². The molecule has 2 amide bonds. The van der Waals surface area contributed by atoms with Crippen molar-refractivity contribution in [2.24, 2.45) is 16.7 Å². The lowest BCUT2D eigenvalue weighted by Crippen LogP contribution is -2.57. The zero-order valence-corrected chi connectivity index (χ0v) is 23.9. The number of nitrogens with zero attached hydrogens (tertiary/aromatic N) is 2.